The molecule has 0 bridgehead atoms. The summed E-state index contributed by atoms with van der Waals surface area (Å²) in [7, 11) is 0. The van der Waals surface area contributed by atoms with Crippen LogP contribution in [0.5, 0.6) is 0 Å². The molecule has 1 aliphatic heterocycles. The standard InChI is InChI=1S/C20H30O7/c1-4-24-16(21)9-8-15-10-12-19(17(22)25-5-2,18(23)26-6-3)14-20(15)11-7-13-27-20/h8-9,15H,4-7,10-14H2,1-3H3/b9-8-/t15-,20-/m0/s1. The zero-order chi connectivity index (χ0) is 19.9. The molecule has 0 amide bonds. The molecule has 1 saturated heterocycles. The van der Waals surface area contributed by atoms with Gasteiger partial charge in [-0.15, -0.1) is 0 Å². The van der Waals surface area contributed by atoms with Crippen LogP contribution >= 0.6 is 0 Å². The van der Waals surface area contributed by atoms with E-state index in [0.29, 0.717) is 32.5 Å². The van der Waals surface area contributed by atoms with Gasteiger partial charge in [-0.3, -0.25) is 9.59 Å². The minimum Gasteiger partial charge on any atom is -0.465 e. The van der Waals surface area contributed by atoms with Crippen molar-refractivity contribution in [1.29, 1.82) is 0 Å². The highest BCUT2D eigenvalue weighted by Gasteiger charge is 2.60. The Morgan fingerprint density at radius 1 is 1.00 bits per heavy atom. The molecule has 0 aromatic heterocycles. The average Bonchev–Trinajstić information content (AvgIpc) is 3.10. The third-order valence-corrected chi connectivity index (χ3v) is 5.38. The van der Waals surface area contributed by atoms with Gasteiger partial charge in [0.1, 0.15) is 0 Å². The Labute approximate surface area is 160 Å². The Hall–Kier alpha value is -1.89. The van der Waals surface area contributed by atoms with E-state index in [0.717, 1.165) is 6.42 Å². The van der Waals surface area contributed by atoms with E-state index in [-0.39, 0.29) is 25.6 Å². The second-order valence-electron chi connectivity index (χ2n) is 6.97. The minimum absolute atomic E-state index is 0.0821. The number of hydrogen-bond acceptors (Lipinski definition) is 7. The first kappa shape index (κ1) is 21.4. The molecule has 0 unspecified atom stereocenters. The number of esters is 3. The molecule has 1 saturated carbocycles. The largest absolute Gasteiger partial charge is 0.465 e. The predicted octanol–water partition coefficient (Wildman–Crippen LogP) is 2.57. The zero-order valence-electron chi connectivity index (χ0n) is 16.5. The van der Waals surface area contributed by atoms with Gasteiger partial charge in [0.05, 0.1) is 25.4 Å². The van der Waals surface area contributed by atoms with Crippen LogP contribution in [-0.4, -0.2) is 49.9 Å². The Morgan fingerprint density at radius 3 is 2.15 bits per heavy atom. The molecule has 7 nitrogen and oxygen atoms in total. The van der Waals surface area contributed by atoms with Gasteiger partial charge in [0.2, 0.25) is 0 Å². The minimum atomic E-state index is -1.36. The van der Waals surface area contributed by atoms with Gasteiger partial charge in [-0.05, 0) is 46.5 Å². The van der Waals surface area contributed by atoms with E-state index in [4.69, 9.17) is 18.9 Å². The maximum Gasteiger partial charge on any atom is 0.330 e. The lowest BCUT2D eigenvalue weighted by atomic mass is 9.61. The summed E-state index contributed by atoms with van der Waals surface area (Å²) < 4.78 is 21.5. The van der Waals surface area contributed by atoms with E-state index in [1.807, 2.05) is 0 Å². The van der Waals surface area contributed by atoms with E-state index >= 15 is 0 Å². The summed E-state index contributed by atoms with van der Waals surface area (Å²) in [5.74, 6) is -1.59. The molecule has 2 fully saturated rings. The highest BCUT2D eigenvalue weighted by Crippen LogP contribution is 2.52. The maximum absolute atomic E-state index is 12.8. The second kappa shape index (κ2) is 9.35. The molecule has 152 valence electrons. The van der Waals surface area contributed by atoms with Crippen molar-refractivity contribution in [2.45, 2.75) is 58.5 Å². The highest BCUT2D eigenvalue weighted by atomic mass is 16.6. The molecule has 2 rings (SSSR count). The van der Waals surface area contributed by atoms with Gasteiger partial charge in [-0.25, -0.2) is 4.79 Å². The molecule has 2 atom stereocenters. The Balaban J connectivity index is 2.31. The number of carbonyl (C=O) groups is 3. The number of ether oxygens (including phenoxy) is 4. The molecule has 1 heterocycles. The van der Waals surface area contributed by atoms with Crippen molar-refractivity contribution >= 4 is 17.9 Å². The third kappa shape index (κ3) is 4.51. The molecule has 0 aromatic rings. The lowest BCUT2D eigenvalue weighted by molar-refractivity contribution is -0.186. The van der Waals surface area contributed by atoms with Gasteiger partial charge in [0.25, 0.3) is 0 Å². The van der Waals surface area contributed by atoms with Crippen LogP contribution in [0.2, 0.25) is 0 Å². The van der Waals surface area contributed by atoms with Crippen LogP contribution in [0.3, 0.4) is 0 Å². The molecule has 0 radical (unpaired) electrons. The highest BCUT2D eigenvalue weighted by molar-refractivity contribution is 6.00. The molecular weight excluding hydrogens is 352 g/mol. The summed E-state index contributed by atoms with van der Waals surface area (Å²) >= 11 is 0. The molecule has 27 heavy (non-hydrogen) atoms. The Kier molecular flexibility index (Phi) is 7.41. The van der Waals surface area contributed by atoms with Crippen molar-refractivity contribution in [3.63, 3.8) is 0 Å². The van der Waals surface area contributed by atoms with E-state index in [1.54, 1.807) is 26.8 Å². The summed E-state index contributed by atoms with van der Waals surface area (Å²) in [5.41, 5.74) is -2.04. The van der Waals surface area contributed by atoms with Crippen LogP contribution in [0.15, 0.2) is 12.2 Å². The van der Waals surface area contributed by atoms with Crippen LogP contribution in [0, 0.1) is 11.3 Å². The van der Waals surface area contributed by atoms with Crippen LogP contribution in [0.4, 0.5) is 0 Å². The SMILES string of the molecule is CCOC(=O)/C=C\[C@H]1CCC(C(=O)OCC)(C(=O)OCC)C[C@@]12CCCO2. The average molecular weight is 382 g/mol. The topological polar surface area (TPSA) is 88.1 Å². The van der Waals surface area contributed by atoms with Crippen LogP contribution in [0.1, 0.15) is 52.9 Å². The lowest BCUT2D eigenvalue weighted by Gasteiger charge is -2.46. The van der Waals surface area contributed by atoms with Gasteiger partial charge in [0.15, 0.2) is 5.41 Å². The van der Waals surface area contributed by atoms with E-state index < -0.39 is 28.9 Å². The van der Waals surface area contributed by atoms with Crippen molar-refractivity contribution in [1.82, 2.24) is 0 Å². The van der Waals surface area contributed by atoms with E-state index in [1.165, 1.54) is 6.08 Å². The summed E-state index contributed by atoms with van der Waals surface area (Å²) in [6.45, 7) is 6.44. The predicted molar refractivity (Wildman–Crippen MR) is 96.7 cm³/mol. The van der Waals surface area contributed by atoms with Gasteiger partial charge in [0, 0.05) is 25.0 Å². The Morgan fingerprint density at radius 2 is 1.63 bits per heavy atom. The fourth-order valence-corrected chi connectivity index (χ4v) is 4.17. The molecule has 1 aliphatic carbocycles. The molecule has 0 aromatic carbocycles. The fraction of sp³-hybridized carbons (Fsp3) is 0.750. The lowest BCUT2D eigenvalue weighted by Crippen LogP contribution is -2.54. The number of rotatable bonds is 7. The quantitative estimate of drug-likeness (QED) is 0.289. The molecule has 1 spiro atoms. The van der Waals surface area contributed by atoms with Crippen molar-refractivity contribution in [3.8, 4) is 0 Å². The first-order chi connectivity index (χ1) is 12.9. The van der Waals surface area contributed by atoms with Crippen molar-refractivity contribution in [2.24, 2.45) is 11.3 Å². The Bertz CT molecular complexity index is 557. The summed E-state index contributed by atoms with van der Waals surface area (Å²) in [5, 5.41) is 0. The van der Waals surface area contributed by atoms with Crippen molar-refractivity contribution < 1.29 is 33.3 Å². The monoisotopic (exact) mass is 382 g/mol. The second-order valence-corrected chi connectivity index (χ2v) is 6.97. The fourth-order valence-electron chi connectivity index (χ4n) is 4.17. The van der Waals surface area contributed by atoms with Crippen LogP contribution < -0.4 is 0 Å². The zero-order valence-corrected chi connectivity index (χ0v) is 16.5. The third-order valence-electron chi connectivity index (χ3n) is 5.38. The van der Waals surface area contributed by atoms with Gasteiger partial charge >= 0.3 is 17.9 Å². The van der Waals surface area contributed by atoms with Gasteiger partial charge in [-0.2, -0.15) is 0 Å². The summed E-state index contributed by atoms with van der Waals surface area (Å²) in [6.07, 6.45) is 5.79. The van der Waals surface area contributed by atoms with E-state index in [9.17, 15) is 14.4 Å². The number of carbonyl (C=O) groups excluding carboxylic acids is 3. The summed E-state index contributed by atoms with van der Waals surface area (Å²) in [6, 6.07) is 0. The van der Waals surface area contributed by atoms with E-state index in [2.05, 4.69) is 0 Å². The molecule has 0 N–H and O–H groups in total. The molecule has 2 aliphatic rings. The van der Waals surface area contributed by atoms with Gasteiger partial charge in [-0.1, -0.05) is 6.08 Å². The molecule has 7 heteroatoms. The maximum atomic E-state index is 12.8. The van der Waals surface area contributed by atoms with Crippen molar-refractivity contribution in [2.75, 3.05) is 26.4 Å². The smallest absolute Gasteiger partial charge is 0.330 e. The first-order valence-electron chi connectivity index (χ1n) is 9.77. The van der Waals surface area contributed by atoms with Crippen molar-refractivity contribution in [3.05, 3.63) is 12.2 Å². The van der Waals surface area contributed by atoms with Crippen LogP contribution in [0.25, 0.3) is 0 Å². The normalized spacial score (nSPS) is 26.9. The first-order valence-corrected chi connectivity index (χ1v) is 9.77. The van der Waals surface area contributed by atoms with Crippen LogP contribution in [-0.2, 0) is 33.3 Å². The number of hydrogen-bond donors (Lipinski definition) is 0. The molecular formula is C20H30O7. The summed E-state index contributed by atoms with van der Waals surface area (Å²) in [4.78, 5) is 37.2. The van der Waals surface area contributed by atoms with Gasteiger partial charge < -0.3 is 18.9 Å².